The predicted octanol–water partition coefficient (Wildman–Crippen LogP) is 0.929. The second-order valence-electron chi connectivity index (χ2n) is 6.12. The number of hydrogen-bond acceptors (Lipinski definition) is 8. The average Bonchev–Trinajstić information content (AvgIpc) is 3.14. The molecule has 0 aliphatic carbocycles. The number of sulfone groups is 1. The molecule has 1 amide bonds. The summed E-state index contributed by atoms with van der Waals surface area (Å²) in [5.41, 5.74) is 2.19. The molecule has 3 aromatic rings. The summed E-state index contributed by atoms with van der Waals surface area (Å²) in [5, 5.41) is 15.4. The Balaban J connectivity index is 1.63. The van der Waals surface area contributed by atoms with Crippen molar-refractivity contribution in [1.82, 2.24) is 24.7 Å². The van der Waals surface area contributed by atoms with Crippen LogP contribution in [0.25, 0.3) is 5.95 Å². The summed E-state index contributed by atoms with van der Waals surface area (Å²) in [6, 6.07) is 7.84. The van der Waals surface area contributed by atoms with Crippen molar-refractivity contribution in [2.24, 2.45) is 0 Å². The number of rotatable bonds is 6. The molecule has 148 valence electrons. The molecule has 0 radical (unpaired) electrons. The highest BCUT2D eigenvalue weighted by Crippen LogP contribution is 2.19. The molecule has 0 aliphatic rings. The van der Waals surface area contributed by atoms with Gasteiger partial charge in [-0.25, -0.2) is 17.8 Å². The van der Waals surface area contributed by atoms with Crippen LogP contribution in [0.3, 0.4) is 0 Å². The van der Waals surface area contributed by atoms with Crippen molar-refractivity contribution in [2.75, 3.05) is 23.2 Å². The van der Waals surface area contributed by atoms with Crippen molar-refractivity contribution < 1.29 is 13.2 Å². The molecule has 3 rings (SSSR count). The smallest absolute Gasteiger partial charge is 0.271 e. The van der Waals surface area contributed by atoms with Crippen molar-refractivity contribution >= 4 is 33.2 Å². The van der Waals surface area contributed by atoms with E-state index in [2.05, 4.69) is 20.6 Å². The second-order valence-corrected chi connectivity index (χ2v) is 9.08. The van der Waals surface area contributed by atoms with Gasteiger partial charge in [0.25, 0.3) is 5.95 Å². The third-order valence-electron chi connectivity index (χ3n) is 3.74. The van der Waals surface area contributed by atoms with Crippen LogP contribution in [0.2, 0.25) is 0 Å². The van der Waals surface area contributed by atoms with Crippen LogP contribution in [0.1, 0.15) is 11.4 Å². The zero-order valence-corrected chi connectivity index (χ0v) is 17.1. The number of nitrogens with one attached hydrogen (secondary N) is 1. The minimum atomic E-state index is -3.28. The van der Waals surface area contributed by atoms with Gasteiger partial charge in [0.15, 0.2) is 9.84 Å². The van der Waals surface area contributed by atoms with Crippen molar-refractivity contribution in [2.45, 2.75) is 23.9 Å². The Kier molecular flexibility index (Phi) is 5.42. The molecule has 0 fully saturated rings. The van der Waals surface area contributed by atoms with E-state index >= 15 is 0 Å². The number of aryl methyl sites for hydroxylation is 2. The van der Waals surface area contributed by atoms with Gasteiger partial charge in [0, 0.05) is 17.6 Å². The molecular weight excluding hydrogens is 402 g/mol. The van der Waals surface area contributed by atoms with Gasteiger partial charge < -0.3 is 11.2 Å². The largest absolute Gasteiger partial charge is 0.334 e. The Morgan fingerprint density at radius 2 is 1.89 bits per heavy atom. The minimum absolute atomic E-state index is 0.0558. The summed E-state index contributed by atoms with van der Waals surface area (Å²) in [7, 11) is -3.28. The molecule has 0 spiro atoms. The number of thioether (sulfide) groups is 1. The monoisotopic (exact) mass is 421 g/mol. The van der Waals surface area contributed by atoms with E-state index < -0.39 is 9.84 Å². The van der Waals surface area contributed by atoms with Gasteiger partial charge in [-0.3, -0.25) is 4.79 Å². The molecule has 0 atom stereocenters. The highest BCUT2D eigenvalue weighted by molar-refractivity contribution is 7.99. The first-order valence-corrected chi connectivity index (χ1v) is 11.0. The SMILES string of the molecule is Cc1cc(C)n(-c2nnc(SCC(=O)Nc3ccc(S(C)(=O)=O)cc3)n2N)n1. The van der Waals surface area contributed by atoms with E-state index in [1.54, 1.807) is 4.68 Å². The van der Waals surface area contributed by atoms with E-state index in [0.717, 1.165) is 29.4 Å². The molecule has 3 N–H and O–H groups in total. The van der Waals surface area contributed by atoms with Crippen LogP contribution in [-0.2, 0) is 14.6 Å². The zero-order valence-electron chi connectivity index (χ0n) is 15.4. The third kappa shape index (κ3) is 4.34. The maximum atomic E-state index is 12.1. The minimum Gasteiger partial charge on any atom is -0.334 e. The normalized spacial score (nSPS) is 11.5. The molecule has 0 saturated carbocycles. The van der Waals surface area contributed by atoms with Crippen molar-refractivity contribution in [3.8, 4) is 5.95 Å². The Bertz CT molecular complexity index is 1120. The number of anilines is 1. The molecule has 1 aromatic carbocycles. The Labute approximate surface area is 166 Å². The van der Waals surface area contributed by atoms with Gasteiger partial charge in [0.05, 0.1) is 16.3 Å². The van der Waals surface area contributed by atoms with Crippen molar-refractivity contribution in [3.63, 3.8) is 0 Å². The molecule has 10 nitrogen and oxygen atoms in total. The maximum absolute atomic E-state index is 12.1. The number of carbonyl (C=O) groups excluding carboxylic acids is 1. The van der Waals surface area contributed by atoms with Crippen LogP contribution in [0.15, 0.2) is 40.4 Å². The number of amides is 1. The van der Waals surface area contributed by atoms with Gasteiger partial charge in [-0.05, 0) is 44.2 Å². The number of nitrogens with zero attached hydrogens (tertiary/aromatic N) is 5. The van der Waals surface area contributed by atoms with Gasteiger partial charge in [-0.2, -0.15) is 5.10 Å². The number of hydrogen-bond donors (Lipinski definition) is 2. The van der Waals surface area contributed by atoms with Crippen LogP contribution < -0.4 is 11.2 Å². The van der Waals surface area contributed by atoms with E-state index in [1.165, 1.54) is 28.9 Å². The molecule has 2 aromatic heterocycles. The first-order chi connectivity index (χ1) is 13.1. The van der Waals surface area contributed by atoms with Gasteiger partial charge in [0.1, 0.15) is 0 Å². The van der Waals surface area contributed by atoms with Gasteiger partial charge >= 0.3 is 0 Å². The number of aromatic nitrogens is 5. The molecule has 0 saturated heterocycles. The van der Waals surface area contributed by atoms with Gasteiger partial charge in [-0.1, -0.05) is 11.8 Å². The predicted molar refractivity (Wildman–Crippen MR) is 106 cm³/mol. The number of nitrogens with two attached hydrogens (primary N) is 1. The lowest BCUT2D eigenvalue weighted by Crippen LogP contribution is -2.18. The lowest BCUT2D eigenvalue weighted by atomic mass is 10.3. The Morgan fingerprint density at radius 1 is 1.21 bits per heavy atom. The first kappa shape index (κ1) is 19.9. The van der Waals surface area contributed by atoms with Crippen LogP contribution >= 0.6 is 11.8 Å². The highest BCUT2D eigenvalue weighted by atomic mass is 32.2. The standard InChI is InChI=1S/C16H19N7O3S2/c1-10-8-11(2)23(21-10)15-19-20-16(22(15)17)27-9-14(24)18-12-4-6-13(7-5-12)28(3,25)26/h4-8H,9,17H2,1-3H3,(H,18,24). The molecule has 0 aliphatic heterocycles. The van der Waals surface area contributed by atoms with Crippen molar-refractivity contribution in [1.29, 1.82) is 0 Å². The molecule has 0 unspecified atom stereocenters. The summed E-state index contributed by atoms with van der Waals surface area (Å²) < 4.78 is 25.8. The lowest BCUT2D eigenvalue weighted by Gasteiger charge is -2.06. The quantitative estimate of drug-likeness (QED) is 0.443. The summed E-state index contributed by atoms with van der Waals surface area (Å²) in [6.07, 6.45) is 1.13. The first-order valence-electron chi connectivity index (χ1n) is 8.12. The summed E-state index contributed by atoms with van der Waals surface area (Å²) in [4.78, 5) is 12.3. The third-order valence-corrected chi connectivity index (χ3v) is 5.82. The van der Waals surface area contributed by atoms with Crippen LogP contribution in [0, 0.1) is 13.8 Å². The van der Waals surface area contributed by atoms with Crippen LogP contribution in [0.5, 0.6) is 0 Å². The Hall–Kier alpha value is -2.86. The van der Waals surface area contributed by atoms with E-state index in [-0.39, 0.29) is 16.6 Å². The lowest BCUT2D eigenvalue weighted by molar-refractivity contribution is -0.113. The van der Waals surface area contributed by atoms with E-state index in [9.17, 15) is 13.2 Å². The van der Waals surface area contributed by atoms with Gasteiger partial charge in [-0.15, -0.1) is 10.2 Å². The molecule has 0 bridgehead atoms. The number of benzene rings is 1. The fourth-order valence-electron chi connectivity index (χ4n) is 2.46. The van der Waals surface area contributed by atoms with Crippen LogP contribution in [0.4, 0.5) is 5.69 Å². The van der Waals surface area contributed by atoms with E-state index in [0.29, 0.717) is 16.8 Å². The summed E-state index contributed by atoms with van der Waals surface area (Å²) in [5.74, 6) is 6.15. The molecule has 28 heavy (non-hydrogen) atoms. The van der Waals surface area contributed by atoms with Gasteiger partial charge in [0.2, 0.25) is 11.1 Å². The molecule has 2 heterocycles. The second kappa shape index (κ2) is 7.64. The van der Waals surface area contributed by atoms with E-state index in [1.807, 2.05) is 19.9 Å². The molecule has 12 heteroatoms. The summed E-state index contributed by atoms with van der Waals surface area (Å²) in [6.45, 7) is 3.74. The molecular formula is C16H19N7O3S2. The fraction of sp³-hybridized carbons (Fsp3) is 0.250. The number of carbonyl (C=O) groups is 1. The number of nitrogen functional groups attached to an aromatic ring is 1. The Morgan fingerprint density at radius 3 is 2.46 bits per heavy atom. The highest BCUT2D eigenvalue weighted by Gasteiger charge is 2.16. The maximum Gasteiger partial charge on any atom is 0.271 e. The fourth-order valence-corrected chi connectivity index (χ4v) is 3.74. The topological polar surface area (TPSA) is 138 Å². The van der Waals surface area contributed by atoms with Crippen LogP contribution in [-0.4, -0.2) is 51.0 Å². The van der Waals surface area contributed by atoms with E-state index in [4.69, 9.17) is 5.84 Å². The average molecular weight is 422 g/mol. The summed E-state index contributed by atoms with van der Waals surface area (Å²) >= 11 is 1.13. The zero-order chi connectivity index (χ0) is 20.5. The van der Waals surface area contributed by atoms with Crippen molar-refractivity contribution in [3.05, 3.63) is 41.7 Å².